The van der Waals surface area contributed by atoms with Crippen molar-refractivity contribution in [2.24, 2.45) is 0 Å². The molecule has 26 heavy (non-hydrogen) atoms. The van der Waals surface area contributed by atoms with Gasteiger partial charge >= 0.3 is 23.5 Å². The topological polar surface area (TPSA) is 78.9 Å². The number of hydrogen-bond acceptors (Lipinski definition) is 7. The number of halogens is 2. The minimum atomic E-state index is -1.70. The molecule has 1 aromatic carbocycles. The SMILES string of the molecule is CCOC(=O)C(OC(=O)CCCc1ccc(Cl)cc1Cl)OC(=O)SCC. The largest absolute Gasteiger partial charge is 0.460 e. The van der Waals surface area contributed by atoms with E-state index in [1.54, 1.807) is 32.0 Å². The van der Waals surface area contributed by atoms with E-state index in [1.165, 1.54) is 0 Å². The van der Waals surface area contributed by atoms with Crippen LogP contribution >= 0.6 is 35.0 Å². The Morgan fingerprint density at radius 1 is 1.15 bits per heavy atom. The third kappa shape index (κ3) is 8.29. The van der Waals surface area contributed by atoms with E-state index >= 15 is 0 Å². The van der Waals surface area contributed by atoms with E-state index in [-0.39, 0.29) is 13.0 Å². The maximum atomic E-state index is 11.9. The first-order chi connectivity index (χ1) is 12.4. The molecule has 1 unspecified atom stereocenters. The van der Waals surface area contributed by atoms with Crippen LogP contribution in [0.4, 0.5) is 4.79 Å². The summed E-state index contributed by atoms with van der Waals surface area (Å²) in [6.07, 6.45) is -0.713. The molecule has 0 amide bonds. The number of carbonyl (C=O) groups excluding carboxylic acids is 3. The zero-order valence-electron chi connectivity index (χ0n) is 14.5. The van der Waals surface area contributed by atoms with Crippen molar-refractivity contribution in [1.29, 1.82) is 0 Å². The molecule has 0 radical (unpaired) electrons. The summed E-state index contributed by atoms with van der Waals surface area (Å²) in [5.74, 6) is -1.14. The average Bonchev–Trinajstić information content (AvgIpc) is 2.56. The van der Waals surface area contributed by atoms with Crippen LogP contribution in [-0.2, 0) is 30.2 Å². The molecule has 0 aromatic heterocycles. The summed E-state index contributed by atoms with van der Waals surface area (Å²) in [5.41, 5.74) is 0.844. The molecule has 0 heterocycles. The lowest BCUT2D eigenvalue weighted by Crippen LogP contribution is -2.33. The highest BCUT2D eigenvalue weighted by Gasteiger charge is 2.28. The van der Waals surface area contributed by atoms with Crippen LogP contribution in [0.3, 0.4) is 0 Å². The van der Waals surface area contributed by atoms with Crippen LogP contribution in [0.1, 0.15) is 32.3 Å². The van der Waals surface area contributed by atoms with Gasteiger partial charge in [0.2, 0.25) is 0 Å². The average molecular weight is 423 g/mol. The molecule has 0 saturated carbocycles. The van der Waals surface area contributed by atoms with Crippen LogP contribution in [0.15, 0.2) is 18.2 Å². The van der Waals surface area contributed by atoms with Gasteiger partial charge in [-0.3, -0.25) is 4.79 Å². The molecule has 0 N–H and O–H groups in total. The molecular weight excluding hydrogens is 403 g/mol. The van der Waals surface area contributed by atoms with E-state index in [0.717, 1.165) is 17.3 Å². The lowest BCUT2D eigenvalue weighted by atomic mass is 10.1. The van der Waals surface area contributed by atoms with Crippen molar-refractivity contribution >= 4 is 52.2 Å². The Balaban J connectivity index is 2.54. The van der Waals surface area contributed by atoms with Crippen LogP contribution in [0.2, 0.25) is 10.0 Å². The molecule has 1 rings (SSSR count). The molecule has 0 aliphatic carbocycles. The first kappa shape index (κ1) is 22.6. The third-order valence-electron chi connectivity index (χ3n) is 3.03. The number of aryl methyl sites for hydroxylation is 1. The highest BCUT2D eigenvalue weighted by Crippen LogP contribution is 2.22. The number of esters is 2. The van der Waals surface area contributed by atoms with Gasteiger partial charge in [0.1, 0.15) is 0 Å². The second kappa shape index (κ2) is 12.0. The minimum absolute atomic E-state index is 0.0212. The summed E-state index contributed by atoms with van der Waals surface area (Å²) in [4.78, 5) is 35.2. The minimum Gasteiger partial charge on any atom is -0.460 e. The number of thioether (sulfide) groups is 1. The monoisotopic (exact) mass is 422 g/mol. The molecule has 0 bridgehead atoms. The Bertz CT molecular complexity index is 638. The van der Waals surface area contributed by atoms with Crippen molar-refractivity contribution in [2.75, 3.05) is 12.4 Å². The van der Waals surface area contributed by atoms with Crippen molar-refractivity contribution in [2.45, 2.75) is 39.4 Å². The van der Waals surface area contributed by atoms with E-state index in [9.17, 15) is 14.4 Å². The van der Waals surface area contributed by atoms with E-state index < -0.39 is 23.5 Å². The second-order valence-electron chi connectivity index (χ2n) is 4.96. The van der Waals surface area contributed by atoms with Crippen LogP contribution in [-0.4, -0.2) is 35.9 Å². The Kier molecular flexibility index (Phi) is 10.5. The molecule has 1 aromatic rings. The summed E-state index contributed by atoms with van der Waals surface area (Å²) in [5, 5.41) is 0.328. The molecule has 0 aliphatic rings. The van der Waals surface area contributed by atoms with Gasteiger partial charge < -0.3 is 14.2 Å². The van der Waals surface area contributed by atoms with Crippen LogP contribution < -0.4 is 0 Å². The van der Waals surface area contributed by atoms with Gasteiger partial charge in [-0.05, 0) is 49.2 Å². The fourth-order valence-electron chi connectivity index (χ4n) is 1.90. The van der Waals surface area contributed by atoms with Crippen molar-refractivity contribution < 1.29 is 28.6 Å². The van der Waals surface area contributed by atoms with Gasteiger partial charge in [-0.25, -0.2) is 9.59 Å². The van der Waals surface area contributed by atoms with Crippen molar-refractivity contribution in [3.05, 3.63) is 33.8 Å². The first-order valence-electron chi connectivity index (χ1n) is 8.00. The summed E-state index contributed by atoms with van der Waals surface area (Å²) in [6, 6.07) is 5.11. The molecule has 9 heteroatoms. The summed E-state index contributed by atoms with van der Waals surface area (Å²) in [7, 11) is 0. The summed E-state index contributed by atoms with van der Waals surface area (Å²) < 4.78 is 14.5. The van der Waals surface area contributed by atoms with E-state index in [1.807, 2.05) is 0 Å². The quantitative estimate of drug-likeness (QED) is 0.423. The van der Waals surface area contributed by atoms with Gasteiger partial charge in [0.05, 0.1) is 6.61 Å². The molecule has 144 valence electrons. The normalized spacial score (nSPS) is 11.5. The number of hydrogen-bond donors (Lipinski definition) is 0. The third-order valence-corrected chi connectivity index (χ3v) is 4.23. The van der Waals surface area contributed by atoms with Gasteiger partial charge in [0.25, 0.3) is 0 Å². The highest BCUT2D eigenvalue weighted by atomic mass is 35.5. The Labute approximate surface area is 166 Å². The molecule has 1 atom stereocenters. The number of rotatable bonds is 9. The van der Waals surface area contributed by atoms with Crippen molar-refractivity contribution in [3.63, 3.8) is 0 Å². The first-order valence-corrected chi connectivity index (χ1v) is 9.75. The maximum Gasteiger partial charge on any atom is 0.389 e. The van der Waals surface area contributed by atoms with E-state index in [2.05, 4.69) is 0 Å². The summed E-state index contributed by atoms with van der Waals surface area (Å²) in [6.45, 7) is 3.41. The second-order valence-corrected chi connectivity index (χ2v) is 7.01. The number of benzene rings is 1. The van der Waals surface area contributed by atoms with Crippen LogP contribution in [0.25, 0.3) is 0 Å². The van der Waals surface area contributed by atoms with Gasteiger partial charge in [-0.15, -0.1) is 0 Å². The van der Waals surface area contributed by atoms with Crippen molar-refractivity contribution in [3.8, 4) is 0 Å². The molecule has 0 spiro atoms. The zero-order valence-corrected chi connectivity index (χ0v) is 16.8. The number of carbonyl (C=O) groups is 3. The fraction of sp³-hybridized carbons (Fsp3) is 0.471. The molecule has 0 aliphatic heterocycles. The van der Waals surface area contributed by atoms with Gasteiger partial charge in [0.15, 0.2) is 0 Å². The molecule has 6 nitrogen and oxygen atoms in total. The highest BCUT2D eigenvalue weighted by molar-refractivity contribution is 8.13. The fourth-order valence-corrected chi connectivity index (χ4v) is 2.79. The smallest absolute Gasteiger partial charge is 0.389 e. The lowest BCUT2D eigenvalue weighted by molar-refractivity contribution is -0.189. The van der Waals surface area contributed by atoms with Gasteiger partial charge in [-0.2, -0.15) is 0 Å². The molecule has 0 fully saturated rings. The number of ether oxygens (including phenoxy) is 3. The Morgan fingerprint density at radius 3 is 2.50 bits per heavy atom. The molecular formula is C17H20Cl2O6S. The van der Waals surface area contributed by atoms with Crippen LogP contribution in [0, 0.1) is 0 Å². The summed E-state index contributed by atoms with van der Waals surface area (Å²) >= 11 is 12.8. The van der Waals surface area contributed by atoms with Crippen molar-refractivity contribution in [1.82, 2.24) is 0 Å². The Hall–Kier alpha value is -1.44. The molecule has 0 saturated heterocycles. The predicted octanol–water partition coefficient (Wildman–Crippen LogP) is 4.64. The van der Waals surface area contributed by atoms with Gasteiger partial charge in [0, 0.05) is 22.2 Å². The van der Waals surface area contributed by atoms with Crippen LogP contribution in [0.5, 0.6) is 0 Å². The standard InChI is InChI=1S/C17H20Cl2O6S/c1-3-23-15(21)16(25-17(22)26-4-2)24-14(20)7-5-6-11-8-9-12(18)10-13(11)19/h8-10,16H,3-7H2,1-2H3. The lowest BCUT2D eigenvalue weighted by Gasteiger charge is -2.16. The van der Waals surface area contributed by atoms with Gasteiger partial charge in [-0.1, -0.05) is 36.2 Å². The maximum absolute atomic E-state index is 11.9. The Morgan fingerprint density at radius 2 is 1.88 bits per heavy atom. The zero-order chi connectivity index (χ0) is 19.5. The van der Waals surface area contributed by atoms with E-state index in [4.69, 9.17) is 37.4 Å². The van der Waals surface area contributed by atoms with E-state index in [0.29, 0.717) is 28.6 Å². The predicted molar refractivity (Wildman–Crippen MR) is 101 cm³/mol.